The van der Waals surface area contributed by atoms with Gasteiger partial charge in [-0.25, -0.2) is 4.79 Å². The molecule has 2 heterocycles. The van der Waals surface area contributed by atoms with Crippen molar-refractivity contribution in [2.24, 2.45) is 0 Å². The number of benzene rings is 1. The summed E-state index contributed by atoms with van der Waals surface area (Å²) in [6.45, 7) is 1.16. The number of amides is 1. The highest BCUT2D eigenvalue weighted by Crippen LogP contribution is 2.32. The predicted octanol–water partition coefficient (Wildman–Crippen LogP) is 3.32. The summed E-state index contributed by atoms with van der Waals surface area (Å²) in [5.74, 6) is 0.255. The maximum atomic E-state index is 12.5. The maximum Gasteiger partial charge on any atom is 0.350 e. The Labute approximate surface area is 156 Å². The van der Waals surface area contributed by atoms with Gasteiger partial charge in [-0.1, -0.05) is 12.1 Å². The van der Waals surface area contributed by atoms with Gasteiger partial charge in [0, 0.05) is 6.04 Å². The number of carbonyl (C=O) groups is 2. The molecule has 2 aromatic rings. The Hall–Kier alpha value is -2.38. The topological polar surface area (TPSA) is 67.9 Å². The van der Waals surface area contributed by atoms with Gasteiger partial charge in [0.2, 0.25) is 5.91 Å². The highest BCUT2D eigenvalue weighted by atomic mass is 32.1. The Balaban J connectivity index is 1.64. The van der Waals surface area contributed by atoms with E-state index in [0.717, 1.165) is 25.1 Å². The van der Waals surface area contributed by atoms with Gasteiger partial charge in [-0.3, -0.25) is 9.69 Å². The average molecular weight is 374 g/mol. The molecule has 0 saturated carbocycles. The number of ether oxygens (including phenoxy) is 2. The van der Waals surface area contributed by atoms with Crippen LogP contribution in [-0.4, -0.2) is 44.1 Å². The molecule has 1 aliphatic rings. The first-order valence-electron chi connectivity index (χ1n) is 8.46. The first-order chi connectivity index (χ1) is 12.6. The molecule has 1 unspecified atom stereocenters. The zero-order chi connectivity index (χ0) is 18.5. The Kier molecular flexibility index (Phi) is 5.90. The molecule has 1 N–H and O–H groups in total. The lowest BCUT2D eigenvalue weighted by Gasteiger charge is -2.24. The predicted molar refractivity (Wildman–Crippen MR) is 101 cm³/mol. The van der Waals surface area contributed by atoms with E-state index >= 15 is 0 Å². The summed E-state index contributed by atoms with van der Waals surface area (Å²) < 4.78 is 9.95. The van der Waals surface area contributed by atoms with Gasteiger partial charge in [-0.15, -0.1) is 11.3 Å². The Morgan fingerprint density at radius 1 is 1.23 bits per heavy atom. The van der Waals surface area contributed by atoms with Gasteiger partial charge in [0.05, 0.1) is 26.5 Å². The van der Waals surface area contributed by atoms with Crippen LogP contribution in [0.2, 0.25) is 0 Å². The molecule has 0 aliphatic carbocycles. The third-order valence-electron chi connectivity index (χ3n) is 4.52. The van der Waals surface area contributed by atoms with E-state index in [2.05, 4.69) is 10.2 Å². The van der Waals surface area contributed by atoms with E-state index in [-0.39, 0.29) is 18.5 Å². The number of nitrogens with one attached hydrogen (secondary N) is 1. The Bertz CT molecular complexity index is 772. The second kappa shape index (κ2) is 8.33. The average Bonchev–Trinajstić information content (AvgIpc) is 3.30. The van der Waals surface area contributed by atoms with Gasteiger partial charge in [0.1, 0.15) is 10.6 Å². The minimum atomic E-state index is -0.437. The minimum Gasteiger partial charge on any atom is -0.497 e. The van der Waals surface area contributed by atoms with Crippen LogP contribution in [0.15, 0.2) is 35.7 Å². The molecule has 0 radical (unpaired) electrons. The number of rotatable bonds is 6. The van der Waals surface area contributed by atoms with E-state index in [0.29, 0.717) is 10.6 Å². The molecule has 1 aromatic carbocycles. The number of carbonyl (C=O) groups excluding carboxylic acids is 2. The zero-order valence-electron chi connectivity index (χ0n) is 14.9. The first kappa shape index (κ1) is 18.4. The molecule has 0 spiro atoms. The largest absolute Gasteiger partial charge is 0.497 e. The van der Waals surface area contributed by atoms with Crippen molar-refractivity contribution in [2.45, 2.75) is 18.9 Å². The van der Waals surface area contributed by atoms with Crippen molar-refractivity contribution in [1.82, 2.24) is 4.90 Å². The molecule has 6 nitrogen and oxygen atoms in total. The van der Waals surface area contributed by atoms with Crippen molar-refractivity contribution in [3.05, 3.63) is 46.2 Å². The Morgan fingerprint density at radius 2 is 2.00 bits per heavy atom. The summed E-state index contributed by atoms with van der Waals surface area (Å²) >= 11 is 1.25. The summed E-state index contributed by atoms with van der Waals surface area (Å²) in [7, 11) is 2.98. The molecule has 1 atom stereocenters. The first-order valence-corrected chi connectivity index (χ1v) is 9.34. The van der Waals surface area contributed by atoms with Gasteiger partial charge in [0.15, 0.2) is 0 Å². The fourth-order valence-corrected chi connectivity index (χ4v) is 4.02. The van der Waals surface area contributed by atoms with E-state index in [1.165, 1.54) is 24.0 Å². The molecular weight excluding hydrogens is 352 g/mol. The number of hydrogen-bond donors (Lipinski definition) is 1. The lowest BCUT2D eigenvalue weighted by atomic mass is 10.0. The number of nitrogens with zero attached hydrogens (tertiary/aromatic N) is 1. The summed E-state index contributed by atoms with van der Waals surface area (Å²) in [4.78, 5) is 26.8. The minimum absolute atomic E-state index is 0.131. The quantitative estimate of drug-likeness (QED) is 0.786. The molecule has 1 aliphatic heterocycles. The number of likely N-dealkylation sites (tertiary alicyclic amines) is 1. The van der Waals surface area contributed by atoms with E-state index in [1.54, 1.807) is 18.6 Å². The smallest absolute Gasteiger partial charge is 0.350 e. The van der Waals surface area contributed by atoms with Crippen LogP contribution in [0.4, 0.5) is 5.69 Å². The van der Waals surface area contributed by atoms with Crippen LogP contribution in [0.1, 0.15) is 34.1 Å². The summed E-state index contributed by atoms with van der Waals surface area (Å²) in [6, 6.07) is 9.93. The van der Waals surface area contributed by atoms with Crippen molar-refractivity contribution < 1.29 is 19.1 Å². The van der Waals surface area contributed by atoms with Gasteiger partial charge in [0.25, 0.3) is 0 Å². The molecule has 7 heteroatoms. The van der Waals surface area contributed by atoms with Gasteiger partial charge >= 0.3 is 5.97 Å². The maximum absolute atomic E-state index is 12.5. The molecular formula is C19H22N2O4S. The monoisotopic (exact) mass is 374 g/mol. The molecule has 26 heavy (non-hydrogen) atoms. The standard InChI is InChI=1S/C19H22N2O4S/c1-24-14-7-5-13(6-8-14)16-4-3-10-21(16)12-17(22)20-15-9-11-26-18(15)19(23)25-2/h5-9,11,16H,3-4,10,12H2,1-2H3,(H,20,22). The zero-order valence-corrected chi connectivity index (χ0v) is 15.7. The lowest BCUT2D eigenvalue weighted by Crippen LogP contribution is -2.33. The van der Waals surface area contributed by atoms with Crippen molar-refractivity contribution in [2.75, 3.05) is 32.6 Å². The number of methoxy groups -OCH3 is 2. The Morgan fingerprint density at radius 3 is 2.69 bits per heavy atom. The third-order valence-corrected chi connectivity index (χ3v) is 5.42. The van der Waals surface area contributed by atoms with Crippen LogP contribution in [0, 0.1) is 0 Å². The van der Waals surface area contributed by atoms with Crippen molar-refractivity contribution >= 4 is 28.9 Å². The summed E-state index contributed by atoms with van der Waals surface area (Å²) in [5.41, 5.74) is 1.69. The normalized spacial score (nSPS) is 17.1. The summed E-state index contributed by atoms with van der Waals surface area (Å²) in [5, 5.41) is 4.59. The molecule has 138 valence electrons. The van der Waals surface area contributed by atoms with Crippen molar-refractivity contribution in [3.8, 4) is 5.75 Å². The highest BCUT2D eigenvalue weighted by Gasteiger charge is 2.28. The lowest BCUT2D eigenvalue weighted by molar-refractivity contribution is -0.117. The van der Waals surface area contributed by atoms with Gasteiger partial charge < -0.3 is 14.8 Å². The van der Waals surface area contributed by atoms with E-state index < -0.39 is 5.97 Å². The van der Waals surface area contributed by atoms with Gasteiger partial charge in [-0.05, 0) is 48.5 Å². The molecule has 1 fully saturated rings. The summed E-state index contributed by atoms with van der Waals surface area (Å²) in [6.07, 6.45) is 2.07. The third kappa shape index (κ3) is 4.05. The van der Waals surface area contributed by atoms with Gasteiger partial charge in [-0.2, -0.15) is 0 Å². The second-order valence-electron chi connectivity index (χ2n) is 6.10. The molecule has 1 amide bonds. The highest BCUT2D eigenvalue weighted by molar-refractivity contribution is 7.12. The van der Waals surface area contributed by atoms with Crippen molar-refractivity contribution in [1.29, 1.82) is 0 Å². The molecule has 3 rings (SSSR count). The number of hydrogen-bond acceptors (Lipinski definition) is 6. The molecule has 1 saturated heterocycles. The molecule has 1 aromatic heterocycles. The number of thiophene rings is 1. The van der Waals surface area contributed by atoms with Crippen LogP contribution in [-0.2, 0) is 9.53 Å². The van der Waals surface area contributed by atoms with Crippen molar-refractivity contribution in [3.63, 3.8) is 0 Å². The van der Waals surface area contributed by atoms with Crippen LogP contribution in [0.5, 0.6) is 5.75 Å². The fraction of sp³-hybridized carbons (Fsp3) is 0.368. The van der Waals surface area contributed by atoms with Crippen LogP contribution >= 0.6 is 11.3 Å². The fourth-order valence-electron chi connectivity index (χ4n) is 3.25. The number of esters is 1. The van der Waals surface area contributed by atoms with E-state index in [4.69, 9.17) is 9.47 Å². The van der Waals surface area contributed by atoms with E-state index in [9.17, 15) is 9.59 Å². The van der Waals surface area contributed by atoms with Crippen LogP contribution < -0.4 is 10.1 Å². The van der Waals surface area contributed by atoms with Crippen LogP contribution in [0.25, 0.3) is 0 Å². The van der Waals surface area contributed by atoms with Crippen LogP contribution in [0.3, 0.4) is 0 Å². The molecule has 0 bridgehead atoms. The SMILES string of the molecule is COC(=O)c1sccc1NC(=O)CN1CCCC1c1ccc(OC)cc1. The van der Waals surface area contributed by atoms with E-state index in [1.807, 2.05) is 24.3 Å². The second-order valence-corrected chi connectivity index (χ2v) is 7.02. The number of anilines is 1.